The van der Waals surface area contributed by atoms with E-state index in [1.807, 2.05) is 6.07 Å². The lowest BCUT2D eigenvalue weighted by Crippen LogP contribution is -2.24. The van der Waals surface area contributed by atoms with E-state index in [0.29, 0.717) is 5.92 Å². The van der Waals surface area contributed by atoms with Crippen LogP contribution < -0.4 is 5.32 Å². The lowest BCUT2D eigenvalue weighted by molar-refractivity contribution is 0.577. The van der Waals surface area contributed by atoms with E-state index in [9.17, 15) is 0 Å². The van der Waals surface area contributed by atoms with E-state index >= 15 is 0 Å². The Labute approximate surface area is 132 Å². The number of hydrogen-bond donors (Lipinski definition) is 1. The van der Waals surface area contributed by atoms with Crippen molar-refractivity contribution in [1.29, 1.82) is 0 Å². The van der Waals surface area contributed by atoms with Crippen LogP contribution in [-0.2, 0) is 6.42 Å². The Morgan fingerprint density at radius 3 is 2.57 bits per heavy atom. The van der Waals surface area contributed by atoms with E-state index in [1.165, 1.54) is 29.5 Å². The molecule has 2 aromatic rings. The summed E-state index contributed by atoms with van der Waals surface area (Å²) in [7, 11) is 0. The molecular formula is C19H22ClN. The van der Waals surface area contributed by atoms with Gasteiger partial charge in [-0.25, -0.2) is 0 Å². The summed E-state index contributed by atoms with van der Waals surface area (Å²) in [5, 5.41) is 4.49. The number of halogens is 1. The molecule has 2 aromatic carbocycles. The van der Waals surface area contributed by atoms with Crippen LogP contribution in [0, 0.1) is 6.92 Å². The molecule has 1 aliphatic carbocycles. The molecule has 21 heavy (non-hydrogen) atoms. The van der Waals surface area contributed by atoms with Crippen LogP contribution in [0.2, 0.25) is 5.02 Å². The molecule has 0 radical (unpaired) electrons. The van der Waals surface area contributed by atoms with Gasteiger partial charge in [0.15, 0.2) is 0 Å². The summed E-state index contributed by atoms with van der Waals surface area (Å²) in [5.41, 5.74) is 4.04. The van der Waals surface area contributed by atoms with Gasteiger partial charge in [0.25, 0.3) is 0 Å². The van der Waals surface area contributed by atoms with Crippen molar-refractivity contribution in [3.8, 4) is 0 Å². The van der Waals surface area contributed by atoms with Gasteiger partial charge in [-0.2, -0.15) is 0 Å². The molecule has 1 aliphatic rings. The van der Waals surface area contributed by atoms with Crippen molar-refractivity contribution in [2.75, 3.05) is 6.54 Å². The van der Waals surface area contributed by atoms with Crippen LogP contribution in [0.25, 0.3) is 0 Å². The largest absolute Gasteiger partial charge is 0.313 e. The minimum absolute atomic E-state index is 0.479. The van der Waals surface area contributed by atoms with Crippen molar-refractivity contribution >= 4 is 11.6 Å². The van der Waals surface area contributed by atoms with E-state index < -0.39 is 0 Å². The highest BCUT2D eigenvalue weighted by Crippen LogP contribution is 2.25. The van der Waals surface area contributed by atoms with E-state index in [4.69, 9.17) is 11.6 Å². The predicted molar refractivity (Wildman–Crippen MR) is 90.1 cm³/mol. The van der Waals surface area contributed by atoms with Crippen LogP contribution in [0.3, 0.4) is 0 Å². The zero-order valence-electron chi connectivity index (χ0n) is 12.5. The van der Waals surface area contributed by atoms with Gasteiger partial charge >= 0.3 is 0 Å². The first kappa shape index (κ1) is 14.6. The Balaban J connectivity index is 1.75. The summed E-state index contributed by atoms with van der Waals surface area (Å²) in [6, 6.07) is 17.9. The summed E-state index contributed by atoms with van der Waals surface area (Å²) in [6.45, 7) is 3.16. The normalized spacial score (nSPS) is 15.9. The Bertz CT molecular complexity index is 587. The molecule has 1 unspecified atom stereocenters. The minimum atomic E-state index is 0.479. The third kappa shape index (κ3) is 4.33. The van der Waals surface area contributed by atoms with Gasteiger partial charge in [0.05, 0.1) is 0 Å². The SMILES string of the molecule is Cc1ccc(CC(CNC2CC2)c2cccc(Cl)c2)cc1. The molecule has 2 heteroatoms. The van der Waals surface area contributed by atoms with Crippen molar-refractivity contribution < 1.29 is 0 Å². The summed E-state index contributed by atoms with van der Waals surface area (Å²) in [5.74, 6) is 0.479. The first-order valence-corrected chi connectivity index (χ1v) is 8.13. The van der Waals surface area contributed by atoms with Crippen LogP contribution in [0.15, 0.2) is 48.5 Å². The standard InChI is InChI=1S/C19H22ClN/c1-14-5-7-15(8-6-14)11-17(13-21-19-9-10-19)16-3-2-4-18(20)12-16/h2-8,12,17,19,21H,9-11,13H2,1H3. The molecule has 1 nitrogen and oxygen atoms in total. The highest BCUT2D eigenvalue weighted by atomic mass is 35.5. The van der Waals surface area contributed by atoms with E-state index in [-0.39, 0.29) is 0 Å². The van der Waals surface area contributed by atoms with Gasteiger partial charge in [0.1, 0.15) is 0 Å². The van der Waals surface area contributed by atoms with Crippen molar-refractivity contribution in [3.63, 3.8) is 0 Å². The number of hydrogen-bond acceptors (Lipinski definition) is 1. The fraction of sp³-hybridized carbons (Fsp3) is 0.368. The smallest absolute Gasteiger partial charge is 0.0408 e. The quantitative estimate of drug-likeness (QED) is 0.813. The van der Waals surface area contributed by atoms with Gasteiger partial charge in [-0.15, -0.1) is 0 Å². The van der Waals surface area contributed by atoms with Crippen molar-refractivity contribution in [2.45, 2.75) is 38.1 Å². The zero-order chi connectivity index (χ0) is 14.7. The number of nitrogens with one attached hydrogen (secondary N) is 1. The zero-order valence-corrected chi connectivity index (χ0v) is 13.2. The van der Waals surface area contributed by atoms with Crippen LogP contribution in [0.5, 0.6) is 0 Å². The maximum absolute atomic E-state index is 6.17. The highest BCUT2D eigenvalue weighted by molar-refractivity contribution is 6.30. The Morgan fingerprint density at radius 2 is 1.90 bits per heavy atom. The number of benzene rings is 2. The highest BCUT2D eigenvalue weighted by Gasteiger charge is 2.22. The van der Waals surface area contributed by atoms with Gasteiger partial charge in [0, 0.05) is 23.5 Å². The summed E-state index contributed by atoms with van der Waals surface area (Å²) in [4.78, 5) is 0. The second kappa shape index (κ2) is 6.64. The van der Waals surface area contributed by atoms with Crippen molar-refractivity contribution in [2.24, 2.45) is 0 Å². The fourth-order valence-corrected chi connectivity index (χ4v) is 2.87. The van der Waals surface area contributed by atoms with Gasteiger partial charge in [-0.1, -0.05) is 53.6 Å². The molecule has 3 rings (SSSR count). The van der Waals surface area contributed by atoms with Gasteiger partial charge in [-0.05, 0) is 49.4 Å². The lowest BCUT2D eigenvalue weighted by atomic mass is 9.91. The average molecular weight is 300 g/mol. The maximum Gasteiger partial charge on any atom is 0.0408 e. The molecule has 1 N–H and O–H groups in total. The summed E-state index contributed by atoms with van der Waals surface area (Å²) in [6.07, 6.45) is 3.71. The molecule has 0 heterocycles. The van der Waals surface area contributed by atoms with Crippen LogP contribution in [-0.4, -0.2) is 12.6 Å². The second-order valence-electron chi connectivity index (χ2n) is 6.12. The Morgan fingerprint density at radius 1 is 1.14 bits per heavy atom. The molecule has 0 saturated heterocycles. The molecule has 1 saturated carbocycles. The first-order valence-electron chi connectivity index (χ1n) is 7.75. The summed E-state index contributed by atoms with van der Waals surface area (Å²) < 4.78 is 0. The Hall–Kier alpha value is -1.31. The van der Waals surface area contributed by atoms with Gasteiger partial charge in [-0.3, -0.25) is 0 Å². The molecule has 0 aromatic heterocycles. The average Bonchev–Trinajstić information content (AvgIpc) is 3.30. The Kier molecular flexibility index (Phi) is 4.62. The molecule has 0 amide bonds. The molecule has 1 fully saturated rings. The van der Waals surface area contributed by atoms with Crippen LogP contribution in [0.4, 0.5) is 0 Å². The van der Waals surface area contributed by atoms with E-state index in [2.05, 4.69) is 54.7 Å². The van der Waals surface area contributed by atoms with Gasteiger partial charge < -0.3 is 5.32 Å². The second-order valence-corrected chi connectivity index (χ2v) is 6.56. The monoisotopic (exact) mass is 299 g/mol. The summed E-state index contributed by atoms with van der Waals surface area (Å²) >= 11 is 6.17. The molecule has 0 spiro atoms. The van der Waals surface area contributed by atoms with Gasteiger partial charge in [0.2, 0.25) is 0 Å². The first-order chi connectivity index (χ1) is 10.2. The molecule has 1 atom stereocenters. The molecular weight excluding hydrogens is 278 g/mol. The lowest BCUT2D eigenvalue weighted by Gasteiger charge is -2.19. The third-order valence-electron chi connectivity index (χ3n) is 4.15. The van der Waals surface area contributed by atoms with Crippen molar-refractivity contribution in [3.05, 3.63) is 70.2 Å². The fourth-order valence-electron chi connectivity index (χ4n) is 2.67. The molecule has 0 aliphatic heterocycles. The van der Waals surface area contributed by atoms with Crippen LogP contribution >= 0.6 is 11.6 Å². The number of rotatable bonds is 6. The van der Waals surface area contributed by atoms with Crippen molar-refractivity contribution in [1.82, 2.24) is 5.32 Å². The van der Waals surface area contributed by atoms with E-state index in [0.717, 1.165) is 24.0 Å². The maximum atomic E-state index is 6.17. The third-order valence-corrected chi connectivity index (χ3v) is 4.39. The van der Waals surface area contributed by atoms with Crippen LogP contribution in [0.1, 0.15) is 35.4 Å². The van der Waals surface area contributed by atoms with E-state index in [1.54, 1.807) is 0 Å². The molecule has 0 bridgehead atoms. The predicted octanol–water partition coefficient (Wildman–Crippen LogP) is 4.73. The minimum Gasteiger partial charge on any atom is -0.313 e. The molecule has 110 valence electrons. The topological polar surface area (TPSA) is 12.0 Å². The number of aryl methyl sites for hydroxylation is 1.